The van der Waals surface area contributed by atoms with Crippen molar-refractivity contribution in [3.63, 3.8) is 0 Å². The van der Waals surface area contributed by atoms with E-state index >= 15 is 0 Å². The fourth-order valence-electron chi connectivity index (χ4n) is 1.41. The molecule has 0 aliphatic rings. The minimum atomic E-state index is -0.0732. The lowest BCUT2D eigenvalue weighted by atomic mass is 10.3. The first-order chi connectivity index (χ1) is 9.59. The molecule has 0 bridgehead atoms. The molecule has 0 saturated carbocycles. The van der Waals surface area contributed by atoms with E-state index in [0.717, 1.165) is 5.57 Å². The Labute approximate surface area is 124 Å². The molecule has 1 rings (SSSR count). The van der Waals surface area contributed by atoms with Crippen LogP contribution >= 0.6 is 11.6 Å². The van der Waals surface area contributed by atoms with Gasteiger partial charge in [-0.05, 0) is 19.1 Å². The molecule has 1 amide bonds. The Hall–Kier alpha value is -1.52. The van der Waals surface area contributed by atoms with E-state index in [2.05, 4.69) is 11.9 Å². The minimum Gasteiger partial charge on any atom is -0.491 e. The maximum Gasteiger partial charge on any atom is 0.223 e. The molecule has 0 atom stereocenters. The van der Waals surface area contributed by atoms with Crippen LogP contribution < -0.4 is 10.1 Å². The third kappa shape index (κ3) is 7.16. The predicted molar refractivity (Wildman–Crippen MR) is 80.2 cm³/mol. The van der Waals surface area contributed by atoms with Crippen LogP contribution in [0.2, 0.25) is 5.02 Å². The third-order valence-electron chi connectivity index (χ3n) is 2.34. The normalized spacial score (nSPS) is 10.1. The Morgan fingerprint density at radius 1 is 1.35 bits per heavy atom. The summed E-state index contributed by atoms with van der Waals surface area (Å²) in [5.41, 5.74) is 0.962. The first-order valence-electron chi connectivity index (χ1n) is 6.45. The number of hydrogen-bond acceptors (Lipinski definition) is 3. The second kappa shape index (κ2) is 9.39. The number of benzene rings is 1. The van der Waals surface area contributed by atoms with Crippen molar-refractivity contribution in [3.05, 3.63) is 41.4 Å². The number of nitrogens with one attached hydrogen (secondary N) is 1. The first kappa shape index (κ1) is 16.5. The molecule has 0 aromatic heterocycles. The number of amides is 1. The van der Waals surface area contributed by atoms with Gasteiger partial charge >= 0.3 is 0 Å². The van der Waals surface area contributed by atoms with Gasteiger partial charge in [0.1, 0.15) is 5.75 Å². The van der Waals surface area contributed by atoms with Crippen LogP contribution in [0.5, 0.6) is 5.75 Å². The molecule has 0 fully saturated rings. The van der Waals surface area contributed by atoms with Gasteiger partial charge in [-0.15, -0.1) is 0 Å². The second-order valence-corrected chi connectivity index (χ2v) is 4.80. The zero-order valence-corrected chi connectivity index (χ0v) is 12.4. The molecule has 0 aliphatic carbocycles. The van der Waals surface area contributed by atoms with E-state index < -0.39 is 0 Å². The lowest BCUT2D eigenvalue weighted by Crippen LogP contribution is -2.28. The zero-order valence-electron chi connectivity index (χ0n) is 11.7. The fraction of sp³-hybridized carbons (Fsp3) is 0.400. The molecule has 110 valence electrons. The van der Waals surface area contributed by atoms with E-state index in [1.807, 2.05) is 19.1 Å². The van der Waals surface area contributed by atoms with Crippen molar-refractivity contribution in [3.8, 4) is 5.75 Å². The number of hydrogen-bond donors (Lipinski definition) is 1. The van der Waals surface area contributed by atoms with E-state index in [4.69, 9.17) is 21.1 Å². The number of carbonyl (C=O) groups excluding carboxylic acids is 1. The summed E-state index contributed by atoms with van der Waals surface area (Å²) in [6.45, 7) is 7.39. The van der Waals surface area contributed by atoms with Gasteiger partial charge in [-0.25, -0.2) is 0 Å². The summed E-state index contributed by atoms with van der Waals surface area (Å²) in [6.07, 6.45) is 0.283. The summed E-state index contributed by atoms with van der Waals surface area (Å²) in [4.78, 5) is 11.5. The highest BCUT2D eigenvalue weighted by atomic mass is 35.5. The minimum absolute atomic E-state index is 0.0732. The van der Waals surface area contributed by atoms with Crippen LogP contribution in [-0.4, -0.2) is 32.3 Å². The van der Waals surface area contributed by atoms with Crippen LogP contribution in [0.4, 0.5) is 0 Å². The topological polar surface area (TPSA) is 47.6 Å². The number of para-hydroxylation sites is 1. The smallest absolute Gasteiger partial charge is 0.223 e. The van der Waals surface area contributed by atoms with E-state index in [1.54, 1.807) is 12.1 Å². The second-order valence-electron chi connectivity index (χ2n) is 4.39. The van der Waals surface area contributed by atoms with Gasteiger partial charge in [-0.3, -0.25) is 4.79 Å². The van der Waals surface area contributed by atoms with E-state index in [-0.39, 0.29) is 12.3 Å². The number of halogens is 1. The molecule has 0 aliphatic heterocycles. The van der Waals surface area contributed by atoms with Gasteiger partial charge in [0.25, 0.3) is 0 Å². The van der Waals surface area contributed by atoms with Gasteiger partial charge in [0, 0.05) is 6.54 Å². The summed E-state index contributed by atoms with van der Waals surface area (Å²) in [6, 6.07) is 7.18. The molecule has 5 heteroatoms. The van der Waals surface area contributed by atoms with Crippen molar-refractivity contribution in [2.45, 2.75) is 13.3 Å². The summed E-state index contributed by atoms with van der Waals surface area (Å²) in [7, 11) is 0. The largest absolute Gasteiger partial charge is 0.491 e. The van der Waals surface area contributed by atoms with E-state index in [0.29, 0.717) is 37.1 Å². The van der Waals surface area contributed by atoms with Crippen LogP contribution in [0.3, 0.4) is 0 Å². The molecule has 0 radical (unpaired) electrons. The molecular formula is C15H20ClNO3. The maximum absolute atomic E-state index is 11.5. The predicted octanol–water partition coefficient (Wildman–Crippen LogP) is 2.82. The summed E-state index contributed by atoms with van der Waals surface area (Å²) < 4.78 is 10.7. The van der Waals surface area contributed by atoms with E-state index in [9.17, 15) is 4.79 Å². The molecule has 1 aromatic rings. The average Bonchev–Trinajstić information content (AvgIpc) is 2.40. The number of carbonyl (C=O) groups is 1. The van der Waals surface area contributed by atoms with Crippen molar-refractivity contribution >= 4 is 17.5 Å². The van der Waals surface area contributed by atoms with Gasteiger partial charge in [-0.2, -0.15) is 0 Å². The van der Waals surface area contributed by atoms with Crippen LogP contribution in [0.25, 0.3) is 0 Å². The quantitative estimate of drug-likeness (QED) is 0.563. The van der Waals surface area contributed by atoms with Crippen LogP contribution in [-0.2, 0) is 9.53 Å². The first-order valence-corrected chi connectivity index (χ1v) is 6.83. The maximum atomic E-state index is 11.5. The standard InChI is InChI=1S/C15H20ClNO3/c1-12(2)11-19-10-8-17-15(18)7-9-20-14-6-4-3-5-13(14)16/h3-6H,1,7-11H2,2H3,(H,17,18). The van der Waals surface area contributed by atoms with Gasteiger partial charge in [0.2, 0.25) is 5.91 Å². The lowest BCUT2D eigenvalue weighted by Gasteiger charge is -2.08. The highest BCUT2D eigenvalue weighted by Gasteiger charge is 2.03. The molecule has 20 heavy (non-hydrogen) atoms. The zero-order chi connectivity index (χ0) is 14.8. The number of rotatable bonds is 9. The fourth-order valence-corrected chi connectivity index (χ4v) is 1.60. The third-order valence-corrected chi connectivity index (χ3v) is 2.65. The monoisotopic (exact) mass is 297 g/mol. The Morgan fingerprint density at radius 2 is 2.10 bits per heavy atom. The number of ether oxygens (including phenoxy) is 2. The molecule has 1 aromatic carbocycles. The van der Waals surface area contributed by atoms with Gasteiger partial charge in [0.15, 0.2) is 0 Å². The molecular weight excluding hydrogens is 278 g/mol. The van der Waals surface area contributed by atoms with Crippen molar-refractivity contribution < 1.29 is 14.3 Å². The highest BCUT2D eigenvalue weighted by Crippen LogP contribution is 2.22. The SMILES string of the molecule is C=C(C)COCCNC(=O)CCOc1ccccc1Cl. The Balaban J connectivity index is 2.09. The van der Waals surface area contributed by atoms with Crippen molar-refractivity contribution in [1.29, 1.82) is 0 Å². The van der Waals surface area contributed by atoms with Gasteiger partial charge in [-0.1, -0.05) is 35.9 Å². The average molecular weight is 298 g/mol. The van der Waals surface area contributed by atoms with E-state index in [1.165, 1.54) is 0 Å². The molecule has 4 nitrogen and oxygen atoms in total. The lowest BCUT2D eigenvalue weighted by molar-refractivity contribution is -0.121. The highest BCUT2D eigenvalue weighted by molar-refractivity contribution is 6.32. The molecule has 0 saturated heterocycles. The van der Waals surface area contributed by atoms with Crippen LogP contribution in [0.1, 0.15) is 13.3 Å². The summed E-state index contributed by atoms with van der Waals surface area (Å²) in [5.74, 6) is 0.516. The van der Waals surface area contributed by atoms with Crippen molar-refractivity contribution in [1.82, 2.24) is 5.32 Å². The summed E-state index contributed by atoms with van der Waals surface area (Å²) >= 11 is 5.93. The van der Waals surface area contributed by atoms with Gasteiger partial charge < -0.3 is 14.8 Å². The Bertz CT molecular complexity index is 448. The molecule has 0 heterocycles. The summed E-state index contributed by atoms with van der Waals surface area (Å²) in [5, 5.41) is 3.29. The van der Waals surface area contributed by atoms with Crippen molar-refractivity contribution in [2.24, 2.45) is 0 Å². The molecule has 0 unspecified atom stereocenters. The Kier molecular flexibility index (Phi) is 7.77. The molecule has 1 N–H and O–H groups in total. The van der Waals surface area contributed by atoms with Crippen LogP contribution in [0.15, 0.2) is 36.4 Å². The Morgan fingerprint density at radius 3 is 2.80 bits per heavy atom. The van der Waals surface area contributed by atoms with Crippen LogP contribution in [0, 0.1) is 0 Å². The molecule has 0 spiro atoms. The van der Waals surface area contributed by atoms with Crippen molar-refractivity contribution in [2.75, 3.05) is 26.4 Å². The van der Waals surface area contributed by atoms with Gasteiger partial charge in [0.05, 0.1) is 31.3 Å².